The highest BCUT2D eigenvalue weighted by Gasteiger charge is 2.30. The number of aliphatic hydroxyl groups excluding tert-OH is 1. The van der Waals surface area contributed by atoms with E-state index in [1.165, 1.54) is 13.3 Å². The molecule has 10 heteroatoms. The second-order valence-corrected chi connectivity index (χ2v) is 11.9. The fourth-order valence-corrected chi connectivity index (χ4v) is 5.07. The molecule has 1 aliphatic rings. The number of nitrogens with one attached hydrogen (secondary N) is 1. The summed E-state index contributed by atoms with van der Waals surface area (Å²) < 4.78 is 27.1. The molecule has 0 aromatic heterocycles. The van der Waals surface area contributed by atoms with Gasteiger partial charge in [0, 0.05) is 33.6 Å². The normalized spacial score (nSPS) is 16.9. The van der Waals surface area contributed by atoms with Gasteiger partial charge in [-0.1, -0.05) is 40.2 Å². The molecule has 10 nitrogen and oxygen atoms in total. The lowest BCUT2D eigenvalue weighted by Gasteiger charge is -2.34. The average Bonchev–Trinajstić information content (AvgIpc) is 2.94. The number of benzene rings is 1. The minimum absolute atomic E-state index is 0.136. The molecule has 1 fully saturated rings. The molecule has 1 heterocycles. The first-order chi connectivity index (χ1) is 20.0. The van der Waals surface area contributed by atoms with Gasteiger partial charge in [0.1, 0.15) is 0 Å². The molecule has 1 aromatic carbocycles. The molecule has 1 amide bonds. The van der Waals surface area contributed by atoms with Gasteiger partial charge in [0.25, 0.3) is 0 Å². The quantitative estimate of drug-likeness (QED) is 0.140. The van der Waals surface area contributed by atoms with Crippen LogP contribution in [0.2, 0.25) is 0 Å². The van der Waals surface area contributed by atoms with E-state index in [1.807, 2.05) is 18.2 Å². The number of nitrogens with zero attached hydrogens (tertiary/aromatic N) is 1. The third-order valence-electron chi connectivity index (χ3n) is 7.66. The highest BCUT2D eigenvalue weighted by molar-refractivity contribution is 5.72. The number of alkyl carbamates (subject to hydrolysis) is 1. The first-order valence-corrected chi connectivity index (χ1v) is 15.4. The number of ether oxygens (including phenoxy) is 5. The maximum Gasteiger partial charge on any atom is 0.410 e. The van der Waals surface area contributed by atoms with Crippen molar-refractivity contribution in [2.24, 2.45) is 17.8 Å². The van der Waals surface area contributed by atoms with Gasteiger partial charge in [-0.15, -0.1) is 0 Å². The predicted octanol–water partition coefficient (Wildman–Crippen LogP) is 4.80. The Morgan fingerprint density at radius 2 is 1.69 bits per heavy atom. The van der Waals surface area contributed by atoms with E-state index >= 15 is 0 Å². The number of carbonyl (C=O) groups excluding carboxylic acids is 2. The van der Waals surface area contributed by atoms with Crippen molar-refractivity contribution >= 4 is 12.1 Å². The number of hydrogen-bond acceptors (Lipinski definition) is 9. The molecule has 0 radical (unpaired) electrons. The van der Waals surface area contributed by atoms with Gasteiger partial charge < -0.3 is 39.0 Å². The largest absolute Gasteiger partial charge is 0.493 e. The van der Waals surface area contributed by atoms with Crippen molar-refractivity contribution in [3.63, 3.8) is 0 Å². The Labute approximate surface area is 252 Å². The predicted molar refractivity (Wildman–Crippen MR) is 162 cm³/mol. The third-order valence-corrected chi connectivity index (χ3v) is 7.66. The Morgan fingerprint density at radius 1 is 0.976 bits per heavy atom. The van der Waals surface area contributed by atoms with Gasteiger partial charge >= 0.3 is 12.1 Å². The van der Waals surface area contributed by atoms with Crippen LogP contribution in [-0.4, -0.2) is 87.6 Å². The maximum absolute atomic E-state index is 12.9. The number of β-amino-alcohol motifs (C(OH)–C–C–N with tert-alkyl or cyclic N) is 1. The molecule has 1 aromatic rings. The number of piperidine rings is 1. The molecule has 0 bridgehead atoms. The van der Waals surface area contributed by atoms with Crippen LogP contribution in [0, 0.1) is 17.8 Å². The first-order valence-electron chi connectivity index (χ1n) is 15.4. The summed E-state index contributed by atoms with van der Waals surface area (Å²) in [5, 5.41) is 14.3. The summed E-state index contributed by atoms with van der Waals surface area (Å²) >= 11 is 0. The topological polar surface area (TPSA) is 116 Å². The van der Waals surface area contributed by atoms with E-state index < -0.39 is 30.5 Å². The number of likely N-dealkylation sites (tertiary alicyclic amines) is 1. The van der Waals surface area contributed by atoms with Crippen LogP contribution in [0.15, 0.2) is 18.2 Å². The van der Waals surface area contributed by atoms with Crippen LogP contribution in [-0.2, 0) is 25.4 Å². The number of hydrogen-bond donors (Lipinski definition) is 2. The Morgan fingerprint density at radius 3 is 2.31 bits per heavy atom. The molecule has 2 rings (SSSR count). The molecule has 0 spiro atoms. The molecule has 240 valence electrons. The van der Waals surface area contributed by atoms with Gasteiger partial charge in [-0.25, -0.2) is 4.79 Å². The van der Waals surface area contributed by atoms with Crippen LogP contribution < -0.4 is 14.8 Å². The lowest BCUT2D eigenvalue weighted by Crippen LogP contribution is -2.51. The highest BCUT2D eigenvalue weighted by atomic mass is 16.7. The van der Waals surface area contributed by atoms with Gasteiger partial charge in [0.2, 0.25) is 6.29 Å². The lowest BCUT2D eigenvalue weighted by molar-refractivity contribution is -0.168. The molecular weight excluding hydrogens is 540 g/mol. The molecule has 4 atom stereocenters. The van der Waals surface area contributed by atoms with Crippen molar-refractivity contribution in [3.8, 4) is 11.5 Å². The van der Waals surface area contributed by atoms with E-state index in [0.717, 1.165) is 44.3 Å². The Balaban J connectivity index is 2.17. The number of rotatable bonds is 18. The van der Waals surface area contributed by atoms with Crippen LogP contribution in [0.3, 0.4) is 0 Å². The molecule has 1 saturated heterocycles. The zero-order chi connectivity index (χ0) is 31.1. The van der Waals surface area contributed by atoms with Crippen molar-refractivity contribution < 1.29 is 38.4 Å². The Bertz CT molecular complexity index is 935. The lowest BCUT2D eigenvalue weighted by atomic mass is 9.83. The summed E-state index contributed by atoms with van der Waals surface area (Å²) in [5.74, 6) is 0.979. The van der Waals surface area contributed by atoms with Crippen molar-refractivity contribution in [3.05, 3.63) is 23.8 Å². The molecule has 2 N–H and O–H groups in total. The molecule has 42 heavy (non-hydrogen) atoms. The standard InChI is InChI=1S/C32H54N2O8/c1-22(2)26(18-25-12-13-29(39-7)30(19-25)40-17-11-16-38-6)20-27(28(35)21-34-14-9-8-10-15-34)33-32(37)42-24(5)41-31(36)23(3)4/h12-13,19,22-24,26-28,35H,8-11,14-18,20-21H2,1-7H3,(H,33,37)/t24?,26-,27+,28+/m1/s1. The maximum atomic E-state index is 12.9. The SMILES string of the molecule is COCCCOc1cc(C[C@H](C[C@H](NC(=O)OC(C)OC(=O)C(C)C)[C@@H](O)CN2CCCCC2)C(C)C)ccc1OC. The Hall–Kier alpha value is -2.56. The summed E-state index contributed by atoms with van der Waals surface area (Å²) in [4.78, 5) is 27.1. The van der Waals surface area contributed by atoms with Crippen LogP contribution in [0.4, 0.5) is 4.79 Å². The fraction of sp³-hybridized carbons (Fsp3) is 0.750. The summed E-state index contributed by atoms with van der Waals surface area (Å²) in [7, 11) is 3.29. The van der Waals surface area contributed by atoms with Gasteiger partial charge in [-0.3, -0.25) is 4.79 Å². The van der Waals surface area contributed by atoms with E-state index in [2.05, 4.69) is 24.1 Å². The van der Waals surface area contributed by atoms with Crippen LogP contribution in [0.25, 0.3) is 0 Å². The number of amides is 1. The van der Waals surface area contributed by atoms with E-state index in [0.29, 0.717) is 37.7 Å². The van der Waals surface area contributed by atoms with Crippen LogP contribution >= 0.6 is 0 Å². The fourth-order valence-electron chi connectivity index (χ4n) is 5.07. The molecule has 0 aliphatic carbocycles. The van der Waals surface area contributed by atoms with E-state index in [9.17, 15) is 14.7 Å². The van der Waals surface area contributed by atoms with E-state index in [1.54, 1.807) is 28.1 Å². The average molecular weight is 595 g/mol. The summed E-state index contributed by atoms with van der Waals surface area (Å²) in [5.41, 5.74) is 1.08. The summed E-state index contributed by atoms with van der Waals surface area (Å²) in [6.07, 6.45) is 2.89. The summed E-state index contributed by atoms with van der Waals surface area (Å²) in [6, 6.07) is 5.40. The second kappa shape index (κ2) is 18.9. The van der Waals surface area contributed by atoms with Crippen molar-refractivity contribution in [1.82, 2.24) is 10.2 Å². The minimum atomic E-state index is -1.04. The number of aliphatic hydroxyl groups is 1. The molecular formula is C32H54N2O8. The monoisotopic (exact) mass is 594 g/mol. The molecule has 1 unspecified atom stereocenters. The Kier molecular flexibility index (Phi) is 16.0. The van der Waals surface area contributed by atoms with Gasteiger partial charge in [0.15, 0.2) is 11.5 Å². The van der Waals surface area contributed by atoms with Gasteiger partial charge in [-0.2, -0.15) is 0 Å². The first kappa shape index (κ1) is 35.6. The minimum Gasteiger partial charge on any atom is -0.493 e. The van der Waals surface area contributed by atoms with Crippen molar-refractivity contribution in [2.45, 2.75) is 91.6 Å². The van der Waals surface area contributed by atoms with Crippen LogP contribution in [0.1, 0.15) is 72.3 Å². The van der Waals surface area contributed by atoms with Crippen molar-refractivity contribution in [2.75, 3.05) is 47.1 Å². The molecule has 0 saturated carbocycles. The smallest absolute Gasteiger partial charge is 0.410 e. The van der Waals surface area contributed by atoms with Gasteiger partial charge in [0.05, 0.1) is 31.8 Å². The van der Waals surface area contributed by atoms with Crippen LogP contribution in [0.5, 0.6) is 11.5 Å². The van der Waals surface area contributed by atoms with Crippen molar-refractivity contribution in [1.29, 1.82) is 0 Å². The number of esters is 1. The van der Waals surface area contributed by atoms with E-state index in [-0.39, 0.29) is 17.8 Å². The van der Waals surface area contributed by atoms with E-state index in [4.69, 9.17) is 23.7 Å². The summed E-state index contributed by atoms with van der Waals surface area (Å²) in [6.45, 7) is 12.7. The third kappa shape index (κ3) is 12.8. The zero-order valence-corrected chi connectivity index (χ0v) is 26.7. The number of methoxy groups -OCH3 is 2. The second-order valence-electron chi connectivity index (χ2n) is 11.9. The number of carbonyl (C=O) groups is 2. The highest BCUT2D eigenvalue weighted by Crippen LogP contribution is 2.31. The molecule has 1 aliphatic heterocycles. The zero-order valence-electron chi connectivity index (χ0n) is 26.7. The van der Waals surface area contributed by atoms with Gasteiger partial charge in [-0.05, 0) is 68.3 Å².